The molecule has 1 fully saturated rings. The Hall–Kier alpha value is -1.30. The van der Waals surface area contributed by atoms with E-state index < -0.39 is 5.97 Å². The standard InChI is InChI=1S/C15H19ClN2O3.ClH/c1-2-8-17(10-14(19)20)13-7-9-18(15(13)21)12-6-4-3-5-11(12)16;/h3-6,13H,2,7-10H2,1H3,(H,19,20);1H. The average Bonchev–Trinajstić information content (AvgIpc) is 2.80. The number of benzene rings is 1. The van der Waals surface area contributed by atoms with E-state index in [-0.39, 0.29) is 30.9 Å². The van der Waals surface area contributed by atoms with E-state index in [2.05, 4.69) is 0 Å². The molecule has 5 nitrogen and oxygen atoms in total. The Morgan fingerprint density at radius 1 is 1.45 bits per heavy atom. The number of carbonyl (C=O) groups is 2. The number of hydrogen-bond donors (Lipinski definition) is 1. The van der Waals surface area contributed by atoms with Crippen LogP contribution in [0.4, 0.5) is 5.69 Å². The van der Waals surface area contributed by atoms with Gasteiger partial charge in [-0.3, -0.25) is 14.5 Å². The summed E-state index contributed by atoms with van der Waals surface area (Å²) in [4.78, 5) is 26.9. The number of para-hydroxylation sites is 1. The van der Waals surface area contributed by atoms with Gasteiger partial charge in [-0.05, 0) is 31.5 Å². The lowest BCUT2D eigenvalue weighted by atomic mass is 10.2. The van der Waals surface area contributed by atoms with Crippen molar-refractivity contribution in [3.05, 3.63) is 29.3 Å². The Balaban J connectivity index is 0.00000242. The molecular weight excluding hydrogens is 327 g/mol. The summed E-state index contributed by atoms with van der Waals surface area (Å²) in [7, 11) is 0. The maximum atomic E-state index is 12.6. The fourth-order valence-electron chi connectivity index (χ4n) is 2.72. The van der Waals surface area contributed by atoms with Gasteiger partial charge < -0.3 is 10.0 Å². The Morgan fingerprint density at radius 3 is 2.73 bits per heavy atom. The Bertz CT molecular complexity index is 539. The number of hydrogen-bond acceptors (Lipinski definition) is 3. The van der Waals surface area contributed by atoms with Gasteiger partial charge in [0.1, 0.15) is 0 Å². The number of aliphatic carboxylic acids is 1. The molecule has 1 N–H and O–H groups in total. The van der Waals surface area contributed by atoms with Crippen LogP contribution in [0.3, 0.4) is 0 Å². The monoisotopic (exact) mass is 346 g/mol. The molecule has 0 spiro atoms. The molecule has 1 amide bonds. The molecule has 2 rings (SSSR count). The van der Waals surface area contributed by atoms with E-state index in [1.165, 1.54) is 0 Å². The molecule has 1 aliphatic heterocycles. The van der Waals surface area contributed by atoms with Crippen molar-refractivity contribution < 1.29 is 14.7 Å². The smallest absolute Gasteiger partial charge is 0.317 e. The minimum Gasteiger partial charge on any atom is -0.480 e. The molecule has 1 atom stereocenters. The van der Waals surface area contributed by atoms with Crippen molar-refractivity contribution in [2.45, 2.75) is 25.8 Å². The zero-order chi connectivity index (χ0) is 15.4. The number of carboxylic acids is 1. The zero-order valence-electron chi connectivity index (χ0n) is 12.4. The molecule has 0 aromatic heterocycles. The zero-order valence-corrected chi connectivity index (χ0v) is 13.9. The van der Waals surface area contributed by atoms with Crippen LogP contribution >= 0.6 is 24.0 Å². The number of rotatable bonds is 6. The molecule has 1 heterocycles. The van der Waals surface area contributed by atoms with E-state index in [4.69, 9.17) is 16.7 Å². The first kappa shape index (κ1) is 18.7. The first-order valence-corrected chi connectivity index (χ1v) is 7.44. The third-order valence-corrected chi connectivity index (χ3v) is 3.93. The number of anilines is 1. The molecule has 7 heteroatoms. The highest BCUT2D eigenvalue weighted by Gasteiger charge is 2.37. The van der Waals surface area contributed by atoms with Gasteiger partial charge in [-0.15, -0.1) is 12.4 Å². The predicted octanol–water partition coefficient (Wildman–Crippen LogP) is 2.66. The number of amides is 1. The maximum Gasteiger partial charge on any atom is 0.317 e. The lowest BCUT2D eigenvalue weighted by molar-refractivity contribution is -0.139. The van der Waals surface area contributed by atoms with E-state index in [1.54, 1.807) is 15.9 Å². The predicted molar refractivity (Wildman–Crippen MR) is 89.0 cm³/mol. The van der Waals surface area contributed by atoms with Crippen LogP contribution in [0.15, 0.2) is 24.3 Å². The van der Waals surface area contributed by atoms with Gasteiger partial charge in [-0.25, -0.2) is 0 Å². The summed E-state index contributed by atoms with van der Waals surface area (Å²) >= 11 is 6.14. The van der Waals surface area contributed by atoms with Crippen LogP contribution in [-0.4, -0.2) is 47.6 Å². The molecule has 0 bridgehead atoms. The summed E-state index contributed by atoms with van der Waals surface area (Å²) in [5.41, 5.74) is 0.693. The minimum absolute atomic E-state index is 0. The maximum absolute atomic E-state index is 12.6. The van der Waals surface area contributed by atoms with Gasteiger partial charge in [0.15, 0.2) is 0 Å². The fraction of sp³-hybridized carbons (Fsp3) is 0.467. The number of halogens is 2. The second kappa shape index (κ2) is 8.36. The first-order chi connectivity index (χ1) is 10.0. The van der Waals surface area contributed by atoms with E-state index in [0.29, 0.717) is 30.2 Å². The Labute approximate surface area is 141 Å². The van der Waals surface area contributed by atoms with Crippen LogP contribution in [0.1, 0.15) is 19.8 Å². The second-order valence-corrected chi connectivity index (χ2v) is 5.52. The largest absolute Gasteiger partial charge is 0.480 e. The Kier molecular flexibility index (Phi) is 7.13. The summed E-state index contributed by atoms with van der Waals surface area (Å²) in [6.07, 6.45) is 1.43. The summed E-state index contributed by atoms with van der Waals surface area (Å²) in [6, 6.07) is 6.83. The topological polar surface area (TPSA) is 60.9 Å². The highest BCUT2D eigenvalue weighted by atomic mass is 35.5. The first-order valence-electron chi connectivity index (χ1n) is 7.06. The SMILES string of the molecule is CCCN(CC(=O)O)C1CCN(c2ccccc2Cl)C1=O.Cl. The van der Waals surface area contributed by atoms with Crippen LogP contribution in [0.25, 0.3) is 0 Å². The molecule has 1 unspecified atom stereocenters. The summed E-state index contributed by atoms with van der Waals surface area (Å²) in [5.74, 6) is -0.981. The third-order valence-electron chi connectivity index (χ3n) is 3.61. The van der Waals surface area contributed by atoms with Gasteiger partial charge in [0.05, 0.1) is 23.3 Å². The van der Waals surface area contributed by atoms with Gasteiger partial charge in [0.2, 0.25) is 5.91 Å². The summed E-state index contributed by atoms with van der Waals surface area (Å²) in [6.45, 7) is 3.02. The van der Waals surface area contributed by atoms with Crippen LogP contribution in [0.2, 0.25) is 5.02 Å². The highest BCUT2D eigenvalue weighted by molar-refractivity contribution is 6.33. The molecule has 1 aliphatic rings. The van der Waals surface area contributed by atoms with Crippen LogP contribution in [0, 0.1) is 0 Å². The Morgan fingerprint density at radius 2 is 2.14 bits per heavy atom. The molecule has 1 aromatic carbocycles. The number of nitrogens with zero attached hydrogens (tertiary/aromatic N) is 2. The van der Waals surface area contributed by atoms with E-state index >= 15 is 0 Å². The van der Waals surface area contributed by atoms with Gasteiger partial charge in [-0.1, -0.05) is 30.7 Å². The summed E-state index contributed by atoms with van der Waals surface area (Å²) < 4.78 is 0. The van der Waals surface area contributed by atoms with Crippen LogP contribution in [-0.2, 0) is 9.59 Å². The van der Waals surface area contributed by atoms with Crippen molar-refractivity contribution in [1.82, 2.24) is 4.90 Å². The van der Waals surface area contributed by atoms with E-state index in [1.807, 2.05) is 25.1 Å². The molecule has 122 valence electrons. The molecule has 0 saturated carbocycles. The minimum atomic E-state index is -0.910. The molecule has 1 aromatic rings. The van der Waals surface area contributed by atoms with Crippen molar-refractivity contribution in [2.75, 3.05) is 24.5 Å². The molecular formula is C15H20Cl2N2O3. The highest BCUT2D eigenvalue weighted by Crippen LogP contribution is 2.30. The molecule has 0 radical (unpaired) electrons. The van der Waals surface area contributed by atoms with Gasteiger partial charge in [0.25, 0.3) is 0 Å². The van der Waals surface area contributed by atoms with Crippen molar-refractivity contribution in [1.29, 1.82) is 0 Å². The van der Waals surface area contributed by atoms with Crippen molar-refractivity contribution in [2.24, 2.45) is 0 Å². The van der Waals surface area contributed by atoms with Crippen LogP contribution < -0.4 is 4.90 Å². The molecule has 1 saturated heterocycles. The third kappa shape index (κ3) is 4.12. The van der Waals surface area contributed by atoms with Gasteiger partial charge in [-0.2, -0.15) is 0 Å². The number of carbonyl (C=O) groups excluding carboxylic acids is 1. The summed E-state index contributed by atoms with van der Waals surface area (Å²) in [5, 5.41) is 9.53. The quantitative estimate of drug-likeness (QED) is 0.860. The average molecular weight is 347 g/mol. The van der Waals surface area contributed by atoms with Crippen LogP contribution in [0.5, 0.6) is 0 Å². The van der Waals surface area contributed by atoms with Crippen molar-refractivity contribution >= 4 is 41.6 Å². The molecule has 0 aliphatic carbocycles. The van der Waals surface area contributed by atoms with Crippen molar-refractivity contribution in [3.63, 3.8) is 0 Å². The number of carboxylic acid groups (broad SMARTS) is 1. The van der Waals surface area contributed by atoms with E-state index in [0.717, 1.165) is 6.42 Å². The van der Waals surface area contributed by atoms with E-state index in [9.17, 15) is 9.59 Å². The second-order valence-electron chi connectivity index (χ2n) is 5.11. The van der Waals surface area contributed by atoms with Gasteiger partial charge >= 0.3 is 5.97 Å². The fourth-order valence-corrected chi connectivity index (χ4v) is 2.96. The normalized spacial score (nSPS) is 17.7. The molecule has 22 heavy (non-hydrogen) atoms. The lowest BCUT2D eigenvalue weighted by Gasteiger charge is -2.26. The van der Waals surface area contributed by atoms with Crippen molar-refractivity contribution in [3.8, 4) is 0 Å². The van der Waals surface area contributed by atoms with Gasteiger partial charge in [0, 0.05) is 6.54 Å². The lowest BCUT2D eigenvalue weighted by Crippen LogP contribution is -2.44.